The molecule has 8 heteroatoms. The van der Waals surface area contributed by atoms with Gasteiger partial charge in [0, 0.05) is 12.6 Å². The Labute approximate surface area is 251 Å². The highest BCUT2D eigenvalue weighted by Crippen LogP contribution is 2.27. The second-order valence-corrected chi connectivity index (χ2v) is 13.4. The number of rotatable bonds is 11. The third-order valence-corrected chi connectivity index (χ3v) is 10.0. The van der Waals surface area contributed by atoms with Crippen molar-refractivity contribution >= 4 is 27.5 Å². The van der Waals surface area contributed by atoms with Crippen molar-refractivity contribution in [3.05, 3.63) is 94.5 Å². The molecule has 0 bridgehead atoms. The summed E-state index contributed by atoms with van der Waals surface area (Å²) in [5.41, 5.74) is 5.25. The zero-order valence-corrected chi connectivity index (χ0v) is 26.2. The Morgan fingerprint density at radius 3 is 2.02 bits per heavy atom. The molecule has 7 nitrogen and oxygen atoms in total. The van der Waals surface area contributed by atoms with Gasteiger partial charge in [-0.15, -0.1) is 0 Å². The molecule has 0 radical (unpaired) electrons. The van der Waals surface area contributed by atoms with Crippen LogP contribution in [0.3, 0.4) is 0 Å². The fraction of sp³-hybridized carbons (Fsp3) is 0.412. The van der Waals surface area contributed by atoms with E-state index in [9.17, 15) is 18.0 Å². The van der Waals surface area contributed by atoms with Crippen LogP contribution in [0.1, 0.15) is 66.8 Å². The zero-order valence-electron chi connectivity index (χ0n) is 25.4. The molecule has 0 heterocycles. The van der Waals surface area contributed by atoms with E-state index >= 15 is 0 Å². The number of benzene rings is 3. The van der Waals surface area contributed by atoms with E-state index in [2.05, 4.69) is 5.32 Å². The molecule has 0 unspecified atom stereocenters. The van der Waals surface area contributed by atoms with E-state index < -0.39 is 28.5 Å². The number of amides is 2. The number of anilines is 1. The minimum atomic E-state index is -4.09. The molecule has 1 atom stereocenters. The van der Waals surface area contributed by atoms with Crippen LogP contribution in [0, 0.1) is 27.7 Å². The molecule has 3 aromatic carbocycles. The summed E-state index contributed by atoms with van der Waals surface area (Å²) in [5.74, 6) is -0.623. The van der Waals surface area contributed by atoms with Crippen molar-refractivity contribution in [3.63, 3.8) is 0 Å². The Hall–Kier alpha value is -3.65. The maximum Gasteiger partial charge on any atom is 0.264 e. The Kier molecular flexibility index (Phi) is 10.1. The lowest BCUT2D eigenvalue weighted by Crippen LogP contribution is -2.53. The van der Waals surface area contributed by atoms with Crippen LogP contribution >= 0.6 is 0 Å². The molecule has 1 fully saturated rings. The molecule has 0 spiro atoms. The molecule has 1 aliphatic rings. The van der Waals surface area contributed by atoms with Crippen molar-refractivity contribution in [1.29, 1.82) is 0 Å². The molecule has 2 amide bonds. The van der Waals surface area contributed by atoms with Crippen molar-refractivity contribution in [2.75, 3.05) is 10.8 Å². The average Bonchev–Trinajstić information content (AvgIpc) is 3.47. The lowest BCUT2D eigenvalue weighted by Gasteiger charge is -2.34. The second kappa shape index (κ2) is 13.6. The highest BCUT2D eigenvalue weighted by Gasteiger charge is 2.34. The van der Waals surface area contributed by atoms with Crippen LogP contribution in [0.4, 0.5) is 5.69 Å². The molecule has 0 aromatic heterocycles. The summed E-state index contributed by atoms with van der Waals surface area (Å²) in [4.78, 5) is 29.5. The molecular formula is C34H43N3O4S. The van der Waals surface area contributed by atoms with Crippen molar-refractivity contribution in [2.45, 2.75) is 90.2 Å². The normalized spacial score (nSPS) is 14.4. The average molecular weight is 590 g/mol. The van der Waals surface area contributed by atoms with Gasteiger partial charge in [0.2, 0.25) is 11.8 Å². The van der Waals surface area contributed by atoms with Gasteiger partial charge in [-0.2, -0.15) is 0 Å². The highest BCUT2D eigenvalue weighted by atomic mass is 32.2. The standard InChI is InChI=1S/C34H43N3O4S/c1-6-32(34(39)35-29-9-7-8-10-29)36(22-28-16-11-24(2)12-17-28)33(38)23-37(30-18-15-26(4)27(5)21-30)42(40,41)31-19-13-25(3)14-20-31/h11-21,29,32H,6-10,22-23H2,1-5H3,(H,35,39)/t32-/m0/s1. The number of hydrogen-bond acceptors (Lipinski definition) is 4. The summed E-state index contributed by atoms with van der Waals surface area (Å²) in [6.07, 6.45) is 4.43. The van der Waals surface area contributed by atoms with Crippen LogP contribution < -0.4 is 9.62 Å². The molecule has 1 aliphatic carbocycles. The number of sulfonamides is 1. The summed E-state index contributed by atoms with van der Waals surface area (Å²) in [5, 5.41) is 3.16. The molecule has 224 valence electrons. The quantitative estimate of drug-likeness (QED) is 0.298. The Morgan fingerprint density at radius 2 is 1.45 bits per heavy atom. The first-order chi connectivity index (χ1) is 20.0. The van der Waals surface area contributed by atoms with Crippen molar-refractivity contribution < 1.29 is 18.0 Å². The molecular weight excluding hydrogens is 546 g/mol. The molecule has 0 aliphatic heterocycles. The van der Waals surface area contributed by atoms with E-state index in [1.807, 2.05) is 65.0 Å². The summed E-state index contributed by atoms with van der Waals surface area (Å²) in [6, 6.07) is 19.2. The van der Waals surface area contributed by atoms with Crippen molar-refractivity contribution in [3.8, 4) is 0 Å². The van der Waals surface area contributed by atoms with E-state index in [4.69, 9.17) is 0 Å². The second-order valence-electron chi connectivity index (χ2n) is 11.5. The van der Waals surface area contributed by atoms with Gasteiger partial charge in [0.15, 0.2) is 0 Å². The van der Waals surface area contributed by atoms with Gasteiger partial charge >= 0.3 is 0 Å². The van der Waals surface area contributed by atoms with E-state index in [0.717, 1.165) is 53.5 Å². The van der Waals surface area contributed by atoms with Crippen molar-refractivity contribution in [2.24, 2.45) is 0 Å². The van der Waals surface area contributed by atoms with Crippen LogP contribution in [-0.2, 0) is 26.2 Å². The maximum absolute atomic E-state index is 14.3. The van der Waals surface area contributed by atoms with Gasteiger partial charge in [0.05, 0.1) is 10.6 Å². The minimum Gasteiger partial charge on any atom is -0.352 e. The maximum atomic E-state index is 14.3. The number of hydrogen-bond donors (Lipinski definition) is 1. The first-order valence-corrected chi connectivity index (χ1v) is 16.3. The topological polar surface area (TPSA) is 86.8 Å². The summed E-state index contributed by atoms with van der Waals surface area (Å²) >= 11 is 0. The molecule has 1 N–H and O–H groups in total. The van der Waals surface area contributed by atoms with E-state index in [1.165, 1.54) is 4.31 Å². The third kappa shape index (κ3) is 7.40. The number of nitrogens with zero attached hydrogens (tertiary/aromatic N) is 2. The first kappa shape index (κ1) is 31.3. The molecule has 0 saturated heterocycles. The lowest BCUT2D eigenvalue weighted by molar-refractivity contribution is -0.140. The predicted molar refractivity (Wildman–Crippen MR) is 168 cm³/mol. The van der Waals surface area contributed by atoms with Gasteiger partial charge in [-0.25, -0.2) is 8.42 Å². The van der Waals surface area contributed by atoms with Crippen LogP contribution in [-0.4, -0.2) is 43.8 Å². The lowest BCUT2D eigenvalue weighted by atomic mass is 10.1. The number of carbonyl (C=O) groups is 2. The Balaban J connectivity index is 1.73. The van der Waals surface area contributed by atoms with Crippen LogP contribution in [0.15, 0.2) is 71.6 Å². The van der Waals surface area contributed by atoms with Crippen LogP contribution in [0.5, 0.6) is 0 Å². The van der Waals surface area contributed by atoms with Gasteiger partial charge in [0.1, 0.15) is 12.6 Å². The van der Waals surface area contributed by atoms with E-state index in [1.54, 1.807) is 41.3 Å². The summed E-state index contributed by atoms with van der Waals surface area (Å²) in [6.45, 7) is 9.42. The smallest absolute Gasteiger partial charge is 0.264 e. The van der Waals surface area contributed by atoms with Gasteiger partial charge in [-0.1, -0.05) is 73.4 Å². The summed E-state index contributed by atoms with van der Waals surface area (Å²) < 4.78 is 29.3. The number of nitrogens with one attached hydrogen (secondary N) is 1. The summed E-state index contributed by atoms with van der Waals surface area (Å²) in [7, 11) is -4.09. The minimum absolute atomic E-state index is 0.107. The van der Waals surface area contributed by atoms with E-state index in [-0.39, 0.29) is 23.4 Å². The third-order valence-electron chi connectivity index (χ3n) is 8.23. The zero-order chi connectivity index (χ0) is 30.4. The molecule has 4 rings (SSSR count). The Morgan fingerprint density at radius 1 is 0.857 bits per heavy atom. The van der Waals surface area contributed by atoms with Crippen molar-refractivity contribution in [1.82, 2.24) is 10.2 Å². The highest BCUT2D eigenvalue weighted by molar-refractivity contribution is 7.92. The fourth-order valence-corrected chi connectivity index (χ4v) is 6.83. The number of carbonyl (C=O) groups excluding carboxylic acids is 2. The fourth-order valence-electron chi connectivity index (χ4n) is 5.42. The van der Waals surface area contributed by atoms with E-state index in [0.29, 0.717) is 12.1 Å². The van der Waals surface area contributed by atoms with Gasteiger partial charge in [-0.05, 0) is 87.9 Å². The molecule has 1 saturated carbocycles. The van der Waals surface area contributed by atoms with Crippen LogP contribution in [0.25, 0.3) is 0 Å². The first-order valence-electron chi connectivity index (χ1n) is 14.8. The predicted octanol–water partition coefficient (Wildman–Crippen LogP) is 5.98. The molecule has 42 heavy (non-hydrogen) atoms. The largest absolute Gasteiger partial charge is 0.352 e. The van der Waals surface area contributed by atoms with Gasteiger partial charge < -0.3 is 10.2 Å². The van der Waals surface area contributed by atoms with Gasteiger partial charge in [0.25, 0.3) is 10.0 Å². The monoisotopic (exact) mass is 589 g/mol. The Bertz CT molecular complexity index is 1490. The molecule has 3 aromatic rings. The SMILES string of the molecule is CC[C@@H](C(=O)NC1CCCC1)N(Cc1ccc(C)cc1)C(=O)CN(c1ccc(C)c(C)c1)S(=O)(=O)c1ccc(C)cc1. The number of aryl methyl sites for hydroxylation is 4. The van der Waals surface area contributed by atoms with Crippen LogP contribution in [0.2, 0.25) is 0 Å². The van der Waals surface area contributed by atoms with Gasteiger partial charge in [-0.3, -0.25) is 13.9 Å².